The number of nitro groups is 1. The summed E-state index contributed by atoms with van der Waals surface area (Å²) in [6.45, 7) is 5.32. The van der Waals surface area contributed by atoms with Gasteiger partial charge in [-0.15, -0.1) is 0 Å². The van der Waals surface area contributed by atoms with E-state index in [0.29, 0.717) is 12.0 Å². The largest absolute Gasteiger partial charge is 0.392 e. The third-order valence-electron chi connectivity index (χ3n) is 4.19. The highest BCUT2D eigenvalue weighted by molar-refractivity contribution is 5.98. The molecule has 108 valence electrons. The number of nitrogens with one attached hydrogen (secondary N) is 1. The molecule has 20 heavy (non-hydrogen) atoms. The standard InChI is InChI=1S/C14H18N2O4/c1-8-5-4-6-9(12(8)16(19)20)13(18)15-10-7-11(17)14(10,2)3/h4-6,10-11,17H,7H2,1-3H3,(H,15,18). The first-order valence-electron chi connectivity index (χ1n) is 6.48. The van der Waals surface area contributed by atoms with Gasteiger partial charge < -0.3 is 10.4 Å². The molecule has 0 bridgehead atoms. The number of hydrogen-bond donors (Lipinski definition) is 2. The molecule has 1 aromatic carbocycles. The van der Waals surface area contributed by atoms with E-state index in [-0.39, 0.29) is 17.3 Å². The van der Waals surface area contributed by atoms with E-state index < -0.39 is 22.3 Å². The number of carbonyl (C=O) groups excluding carboxylic acids is 1. The maximum absolute atomic E-state index is 12.2. The summed E-state index contributed by atoms with van der Waals surface area (Å²) < 4.78 is 0. The van der Waals surface area contributed by atoms with Crippen LogP contribution in [0.1, 0.15) is 36.2 Å². The van der Waals surface area contributed by atoms with Crippen molar-refractivity contribution in [1.82, 2.24) is 5.32 Å². The quantitative estimate of drug-likeness (QED) is 0.651. The van der Waals surface area contributed by atoms with Gasteiger partial charge in [0.2, 0.25) is 0 Å². The molecule has 2 unspecified atom stereocenters. The van der Waals surface area contributed by atoms with Crippen LogP contribution in [-0.2, 0) is 0 Å². The summed E-state index contributed by atoms with van der Waals surface area (Å²) in [5, 5.41) is 23.5. The zero-order chi connectivity index (χ0) is 15.1. The van der Waals surface area contributed by atoms with Crippen LogP contribution in [0.5, 0.6) is 0 Å². The zero-order valence-corrected chi connectivity index (χ0v) is 11.7. The number of aliphatic hydroxyl groups excluding tert-OH is 1. The van der Waals surface area contributed by atoms with Crippen LogP contribution in [0.3, 0.4) is 0 Å². The van der Waals surface area contributed by atoms with E-state index >= 15 is 0 Å². The summed E-state index contributed by atoms with van der Waals surface area (Å²) in [4.78, 5) is 22.8. The van der Waals surface area contributed by atoms with Crippen molar-refractivity contribution >= 4 is 11.6 Å². The Labute approximate surface area is 117 Å². The molecular formula is C14H18N2O4. The fourth-order valence-corrected chi connectivity index (χ4v) is 2.47. The van der Waals surface area contributed by atoms with Gasteiger partial charge in [-0.2, -0.15) is 0 Å². The first-order valence-corrected chi connectivity index (χ1v) is 6.48. The third-order valence-corrected chi connectivity index (χ3v) is 4.19. The normalized spacial score (nSPS) is 23.8. The number of carbonyl (C=O) groups is 1. The van der Waals surface area contributed by atoms with Crippen molar-refractivity contribution in [3.05, 3.63) is 39.4 Å². The molecule has 0 aliphatic heterocycles. The minimum absolute atomic E-state index is 0.0622. The van der Waals surface area contributed by atoms with Crippen LogP contribution in [-0.4, -0.2) is 28.1 Å². The van der Waals surface area contributed by atoms with Crippen molar-refractivity contribution in [3.8, 4) is 0 Å². The number of nitrogens with zero attached hydrogens (tertiary/aromatic N) is 1. The predicted octanol–water partition coefficient (Wildman–Crippen LogP) is 1.79. The van der Waals surface area contributed by atoms with Gasteiger partial charge in [-0.05, 0) is 19.4 Å². The Hall–Kier alpha value is -1.95. The number of para-hydroxylation sites is 1. The number of aryl methyl sites for hydroxylation is 1. The second-order valence-electron chi connectivity index (χ2n) is 5.83. The number of aliphatic hydroxyl groups is 1. The minimum Gasteiger partial charge on any atom is -0.392 e. The van der Waals surface area contributed by atoms with E-state index in [1.165, 1.54) is 6.07 Å². The molecule has 1 aromatic rings. The Bertz CT molecular complexity index is 568. The van der Waals surface area contributed by atoms with Crippen LogP contribution in [0.25, 0.3) is 0 Å². The molecule has 6 nitrogen and oxygen atoms in total. The van der Waals surface area contributed by atoms with Gasteiger partial charge in [0, 0.05) is 17.0 Å². The van der Waals surface area contributed by atoms with Gasteiger partial charge in [-0.25, -0.2) is 0 Å². The molecule has 2 rings (SSSR count). The molecule has 0 radical (unpaired) electrons. The lowest BCUT2D eigenvalue weighted by Gasteiger charge is -2.49. The van der Waals surface area contributed by atoms with E-state index in [0.717, 1.165) is 0 Å². The second kappa shape index (κ2) is 4.86. The van der Waals surface area contributed by atoms with Crippen LogP contribution >= 0.6 is 0 Å². The topological polar surface area (TPSA) is 92.5 Å². The molecule has 0 aromatic heterocycles. The molecule has 1 aliphatic rings. The molecule has 6 heteroatoms. The van der Waals surface area contributed by atoms with Crippen molar-refractivity contribution in [2.45, 2.75) is 39.3 Å². The molecule has 2 N–H and O–H groups in total. The summed E-state index contributed by atoms with van der Waals surface area (Å²) in [5.74, 6) is -0.467. The van der Waals surface area contributed by atoms with E-state index in [4.69, 9.17) is 0 Å². The first-order chi connectivity index (χ1) is 9.25. The maximum atomic E-state index is 12.2. The van der Waals surface area contributed by atoms with Crippen LogP contribution < -0.4 is 5.32 Å². The Morgan fingerprint density at radius 2 is 2.15 bits per heavy atom. The number of amides is 1. The van der Waals surface area contributed by atoms with Gasteiger partial charge in [-0.3, -0.25) is 14.9 Å². The summed E-state index contributed by atoms with van der Waals surface area (Å²) >= 11 is 0. The highest BCUT2D eigenvalue weighted by atomic mass is 16.6. The van der Waals surface area contributed by atoms with Gasteiger partial charge in [0.15, 0.2) is 0 Å². The number of nitro benzene ring substituents is 1. The SMILES string of the molecule is Cc1cccc(C(=O)NC2CC(O)C2(C)C)c1[N+](=O)[O-]. The third kappa shape index (κ3) is 2.27. The van der Waals surface area contributed by atoms with Gasteiger partial charge in [0.1, 0.15) is 5.56 Å². The lowest BCUT2D eigenvalue weighted by molar-refractivity contribution is -0.385. The second-order valence-corrected chi connectivity index (χ2v) is 5.83. The molecule has 2 atom stereocenters. The molecule has 1 saturated carbocycles. The molecule has 1 fully saturated rings. The van der Waals surface area contributed by atoms with Crippen molar-refractivity contribution in [2.24, 2.45) is 5.41 Å². The Balaban J connectivity index is 2.23. The van der Waals surface area contributed by atoms with E-state index in [1.807, 2.05) is 13.8 Å². The first kappa shape index (κ1) is 14.5. The monoisotopic (exact) mass is 278 g/mol. The lowest BCUT2D eigenvalue weighted by atomic mass is 9.64. The Morgan fingerprint density at radius 1 is 1.50 bits per heavy atom. The van der Waals surface area contributed by atoms with Crippen LogP contribution in [0.15, 0.2) is 18.2 Å². The molecule has 0 saturated heterocycles. The Morgan fingerprint density at radius 3 is 2.65 bits per heavy atom. The smallest absolute Gasteiger partial charge is 0.285 e. The average molecular weight is 278 g/mol. The van der Waals surface area contributed by atoms with Crippen molar-refractivity contribution < 1.29 is 14.8 Å². The van der Waals surface area contributed by atoms with Crippen LogP contribution in [0.4, 0.5) is 5.69 Å². The minimum atomic E-state index is -0.537. The fourth-order valence-electron chi connectivity index (χ4n) is 2.47. The van der Waals surface area contributed by atoms with Crippen molar-refractivity contribution in [1.29, 1.82) is 0 Å². The van der Waals surface area contributed by atoms with Crippen molar-refractivity contribution in [3.63, 3.8) is 0 Å². The van der Waals surface area contributed by atoms with Crippen LogP contribution in [0.2, 0.25) is 0 Å². The molecule has 0 spiro atoms. The van der Waals surface area contributed by atoms with Gasteiger partial charge in [0.25, 0.3) is 11.6 Å². The summed E-state index contributed by atoms with van der Waals surface area (Å²) in [5.41, 5.74) is -0.0562. The summed E-state index contributed by atoms with van der Waals surface area (Å²) in [6.07, 6.45) is 0.0125. The lowest BCUT2D eigenvalue weighted by Crippen LogP contribution is -2.61. The van der Waals surface area contributed by atoms with E-state index in [1.54, 1.807) is 19.1 Å². The van der Waals surface area contributed by atoms with Crippen LogP contribution in [0, 0.1) is 22.5 Å². The highest BCUT2D eigenvalue weighted by Crippen LogP contribution is 2.40. The summed E-state index contributed by atoms with van der Waals surface area (Å²) in [6, 6.07) is 4.50. The predicted molar refractivity (Wildman–Crippen MR) is 73.5 cm³/mol. The molecule has 1 aliphatic carbocycles. The van der Waals surface area contributed by atoms with E-state index in [9.17, 15) is 20.0 Å². The molecule has 1 amide bonds. The number of hydrogen-bond acceptors (Lipinski definition) is 4. The van der Waals surface area contributed by atoms with Crippen molar-refractivity contribution in [2.75, 3.05) is 0 Å². The fraction of sp³-hybridized carbons (Fsp3) is 0.500. The molecule has 0 heterocycles. The Kier molecular flexibility index (Phi) is 3.52. The van der Waals surface area contributed by atoms with Gasteiger partial charge >= 0.3 is 0 Å². The van der Waals surface area contributed by atoms with Gasteiger partial charge in [0.05, 0.1) is 11.0 Å². The number of benzene rings is 1. The number of rotatable bonds is 3. The highest BCUT2D eigenvalue weighted by Gasteiger charge is 2.48. The summed E-state index contributed by atoms with van der Waals surface area (Å²) in [7, 11) is 0. The molecular weight excluding hydrogens is 260 g/mol. The average Bonchev–Trinajstić information content (AvgIpc) is 2.37. The van der Waals surface area contributed by atoms with Gasteiger partial charge in [-0.1, -0.05) is 26.0 Å². The van der Waals surface area contributed by atoms with E-state index in [2.05, 4.69) is 5.32 Å². The zero-order valence-electron chi connectivity index (χ0n) is 11.7. The maximum Gasteiger partial charge on any atom is 0.285 e.